The minimum Gasteiger partial charge on any atom is -0.407 e. The number of benzene rings is 1. The summed E-state index contributed by atoms with van der Waals surface area (Å²) in [5, 5.41) is 11.8. The summed E-state index contributed by atoms with van der Waals surface area (Å²) in [6.45, 7) is -0.0569. The van der Waals surface area contributed by atoms with Gasteiger partial charge in [0, 0.05) is 5.88 Å². The zero-order chi connectivity index (χ0) is 12.7. The monoisotopic (exact) mass is 253 g/mol. The Balaban J connectivity index is 2.80. The van der Waals surface area contributed by atoms with Crippen LogP contribution >= 0.6 is 11.6 Å². The fourth-order valence-corrected chi connectivity index (χ4v) is 1.20. The molecule has 0 aliphatic rings. The molecule has 0 saturated heterocycles. The molecule has 1 aromatic rings. The molecule has 88 valence electrons. The molecule has 0 aliphatic carbocycles. The normalized spacial score (nSPS) is 9.18. The van der Waals surface area contributed by atoms with Gasteiger partial charge in [-0.15, -0.1) is 16.5 Å². The van der Waals surface area contributed by atoms with E-state index in [1.807, 2.05) is 6.07 Å². The Morgan fingerprint density at radius 1 is 1.53 bits per heavy atom. The topological polar surface area (TPSA) is 82.8 Å². The van der Waals surface area contributed by atoms with Crippen LogP contribution in [-0.4, -0.2) is 23.5 Å². The van der Waals surface area contributed by atoms with Gasteiger partial charge in [-0.2, -0.15) is 10.3 Å². The molecule has 7 heteroatoms. The average molecular weight is 254 g/mol. The molecule has 6 nitrogen and oxygen atoms in total. The van der Waals surface area contributed by atoms with E-state index in [2.05, 4.69) is 5.29 Å². The number of nitriles is 1. The van der Waals surface area contributed by atoms with Crippen LogP contribution in [0.25, 0.3) is 0 Å². The fraction of sp³-hybridized carbons (Fsp3) is 0.200. The first-order chi connectivity index (χ1) is 8.22. The van der Waals surface area contributed by atoms with E-state index in [9.17, 15) is 9.70 Å². The summed E-state index contributed by atoms with van der Waals surface area (Å²) in [4.78, 5) is 21.8. The molecule has 17 heavy (non-hydrogen) atoms. The second-order valence-electron chi connectivity index (χ2n) is 2.87. The van der Waals surface area contributed by atoms with E-state index in [1.54, 1.807) is 12.1 Å². The van der Waals surface area contributed by atoms with Gasteiger partial charge in [-0.05, 0) is 12.1 Å². The lowest BCUT2D eigenvalue weighted by Crippen LogP contribution is -2.30. The lowest BCUT2D eigenvalue weighted by molar-refractivity contribution is 0.156. The molecule has 0 saturated carbocycles. The van der Waals surface area contributed by atoms with Crippen LogP contribution in [0.15, 0.2) is 29.6 Å². The Morgan fingerprint density at radius 2 is 2.24 bits per heavy atom. The number of alkyl halides is 1. The minimum absolute atomic E-state index is 0.0563. The van der Waals surface area contributed by atoms with Gasteiger partial charge in [0.05, 0.1) is 17.4 Å². The number of halogens is 1. The van der Waals surface area contributed by atoms with Crippen LogP contribution in [0.2, 0.25) is 0 Å². The minimum atomic E-state index is -0.969. The van der Waals surface area contributed by atoms with Crippen LogP contribution in [0.3, 0.4) is 0 Å². The first-order valence-electron chi connectivity index (χ1n) is 4.60. The van der Waals surface area contributed by atoms with Crippen LogP contribution < -0.4 is 4.74 Å². The second-order valence-corrected chi connectivity index (χ2v) is 3.25. The van der Waals surface area contributed by atoms with Gasteiger partial charge in [0.2, 0.25) is 0 Å². The highest BCUT2D eigenvalue weighted by Crippen LogP contribution is 2.17. The van der Waals surface area contributed by atoms with E-state index in [-0.39, 0.29) is 23.7 Å². The lowest BCUT2D eigenvalue weighted by atomic mass is 10.2. The number of carbonyl (C=O) groups excluding carboxylic acids is 1. The molecule has 0 spiro atoms. The van der Waals surface area contributed by atoms with Crippen molar-refractivity contribution in [3.63, 3.8) is 0 Å². The summed E-state index contributed by atoms with van der Waals surface area (Å²) in [6, 6.07) is 8.02. The van der Waals surface area contributed by atoms with Gasteiger partial charge in [0.25, 0.3) is 0 Å². The Morgan fingerprint density at radius 3 is 2.82 bits per heavy atom. The number of hydrogen-bond donors (Lipinski definition) is 0. The van der Waals surface area contributed by atoms with Crippen molar-refractivity contribution in [2.75, 3.05) is 12.4 Å². The van der Waals surface area contributed by atoms with Crippen LogP contribution in [-0.2, 0) is 0 Å². The largest absolute Gasteiger partial charge is 0.438 e. The third-order valence-electron chi connectivity index (χ3n) is 1.81. The number of nitroso groups, excluding NO2 is 1. The summed E-state index contributed by atoms with van der Waals surface area (Å²) in [5.41, 5.74) is 0.192. The molecular formula is C10H8ClN3O3. The summed E-state index contributed by atoms with van der Waals surface area (Å²) in [6.07, 6.45) is -0.969. The van der Waals surface area contributed by atoms with Crippen molar-refractivity contribution >= 4 is 17.7 Å². The molecule has 0 aliphatic heterocycles. The number of rotatable bonds is 4. The SMILES string of the molecule is N#Cc1ccccc1OC(=O)N(CCCl)N=O. The van der Waals surface area contributed by atoms with Crippen molar-refractivity contribution in [2.45, 2.75) is 0 Å². The molecular weight excluding hydrogens is 246 g/mol. The highest BCUT2D eigenvalue weighted by Gasteiger charge is 2.17. The number of para-hydroxylation sites is 1. The van der Waals surface area contributed by atoms with Crippen molar-refractivity contribution in [1.82, 2.24) is 5.01 Å². The summed E-state index contributed by atoms with van der Waals surface area (Å²) in [5.74, 6) is 0.129. The van der Waals surface area contributed by atoms with Gasteiger partial charge in [0.15, 0.2) is 5.75 Å². The third kappa shape index (κ3) is 3.43. The Labute approximate surface area is 102 Å². The van der Waals surface area contributed by atoms with E-state index in [0.717, 1.165) is 0 Å². The molecule has 0 heterocycles. The van der Waals surface area contributed by atoms with Crippen molar-refractivity contribution in [1.29, 1.82) is 5.26 Å². The molecule has 0 atom stereocenters. The lowest BCUT2D eigenvalue weighted by Gasteiger charge is -2.12. The number of ether oxygens (including phenoxy) is 1. The molecule has 0 N–H and O–H groups in total. The number of carbonyl (C=O) groups is 1. The van der Waals surface area contributed by atoms with Gasteiger partial charge in [-0.1, -0.05) is 12.1 Å². The van der Waals surface area contributed by atoms with Gasteiger partial charge >= 0.3 is 6.09 Å². The van der Waals surface area contributed by atoms with Gasteiger partial charge in [-0.25, -0.2) is 4.79 Å². The van der Waals surface area contributed by atoms with Crippen molar-refractivity contribution in [3.05, 3.63) is 34.7 Å². The first kappa shape index (κ1) is 12.9. The van der Waals surface area contributed by atoms with Crippen LogP contribution in [0.4, 0.5) is 4.79 Å². The molecule has 1 aromatic carbocycles. The molecule has 0 aromatic heterocycles. The van der Waals surface area contributed by atoms with Crippen LogP contribution in [0, 0.1) is 16.2 Å². The van der Waals surface area contributed by atoms with Crippen LogP contribution in [0.5, 0.6) is 5.75 Å². The molecule has 0 bridgehead atoms. The van der Waals surface area contributed by atoms with E-state index >= 15 is 0 Å². The fourth-order valence-electron chi connectivity index (χ4n) is 1.04. The van der Waals surface area contributed by atoms with Crippen LogP contribution in [0.1, 0.15) is 5.56 Å². The predicted molar refractivity (Wildman–Crippen MR) is 60.4 cm³/mol. The zero-order valence-electron chi connectivity index (χ0n) is 8.67. The highest BCUT2D eigenvalue weighted by atomic mass is 35.5. The Bertz CT molecular complexity index is 458. The number of amides is 1. The van der Waals surface area contributed by atoms with Crippen molar-refractivity contribution in [3.8, 4) is 11.8 Å². The highest BCUT2D eigenvalue weighted by molar-refractivity contribution is 6.18. The maximum absolute atomic E-state index is 11.4. The van der Waals surface area contributed by atoms with E-state index < -0.39 is 6.09 Å². The third-order valence-corrected chi connectivity index (χ3v) is 1.98. The van der Waals surface area contributed by atoms with Gasteiger partial charge in [0.1, 0.15) is 6.07 Å². The molecule has 0 radical (unpaired) electrons. The molecule has 0 unspecified atom stereocenters. The molecule has 1 rings (SSSR count). The first-order valence-corrected chi connectivity index (χ1v) is 5.14. The predicted octanol–water partition coefficient (Wildman–Crippen LogP) is 2.28. The van der Waals surface area contributed by atoms with Crippen molar-refractivity contribution in [2.24, 2.45) is 5.29 Å². The average Bonchev–Trinajstić information content (AvgIpc) is 2.36. The smallest absolute Gasteiger partial charge is 0.407 e. The van der Waals surface area contributed by atoms with E-state index in [0.29, 0.717) is 5.01 Å². The molecule has 1 amide bonds. The molecule has 0 fully saturated rings. The van der Waals surface area contributed by atoms with Crippen molar-refractivity contribution < 1.29 is 9.53 Å². The maximum Gasteiger partial charge on any atom is 0.438 e. The number of hydrogen-bond acceptors (Lipinski definition) is 5. The summed E-state index contributed by atoms with van der Waals surface area (Å²) in [7, 11) is 0. The maximum atomic E-state index is 11.4. The Kier molecular flexibility index (Phi) is 4.91. The zero-order valence-corrected chi connectivity index (χ0v) is 9.42. The number of nitrogens with zero attached hydrogens (tertiary/aromatic N) is 3. The van der Waals surface area contributed by atoms with E-state index in [4.69, 9.17) is 21.6 Å². The van der Waals surface area contributed by atoms with Gasteiger partial charge < -0.3 is 4.74 Å². The standard InChI is InChI=1S/C10H8ClN3O3/c11-5-6-14(13-16)10(15)17-9-4-2-1-3-8(9)7-12/h1-4H,5-6H2. The second kappa shape index (κ2) is 6.45. The summed E-state index contributed by atoms with van der Waals surface area (Å²) < 4.78 is 4.85. The van der Waals surface area contributed by atoms with E-state index in [1.165, 1.54) is 12.1 Å². The van der Waals surface area contributed by atoms with Gasteiger partial charge in [-0.3, -0.25) is 0 Å². The Hall–Kier alpha value is -2.13. The quantitative estimate of drug-likeness (QED) is 0.468. The summed E-state index contributed by atoms with van der Waals surface area (Å²) >= 11 is 5.38.